The SMILES string of the molecule is CCN(CC)CCOC(=O)CCC(c1ccccc1)N(CCCl)CCCl. The Kier molecular flexibility index (Phi) is 12.8. The Morgan fingerprint density at radius 1 is 1.04 bits per heavy atom. The molecule has 1 rings (SSSR count). The van der Waals surface area contributed by atoms with Crippen LogP contribution in [0.25, 0.3) is 0 Å². The molecule has 1 unspecified atom stereocenters. The lowest BCUT2D eigenvalue weighted by molar-refractivity contribution is -0.144. The molecule has 0 aliphatic carbocycles. The maximum atomic E-state index is 12.2. The molecule has 0 aliphatic heterocycles. The van der Waals surface area contributed by atoms with Crippen LogP contribution < -0.4 is 0 Å². The van der Waals surface area contributed by atoms with Crippen LogP contribution in [0.3, 0.4) is 0 Å². The fraction of sp³-hybridized carbons (Fsp3) is 0.650. The van der Waals surface area contributed by atoms with Gasteiger partial charge in [0, 0.05) is 43.9 Å². The molecule has 0 amide bonds. The van der Waals surface area contributed by atoms with Crippen molar-refractivity contribution in [3.8, 4) is 0 Å². The number of ether oxygens (including phenoxy) is 1. The summed E-state index contributed by atoms with van der Waals surface area (Å²) < 4.78 is 5.41. The van der Waals surface area contributed by atoms with Crippen LogP contribution in [-0.2, 0) is 9.53 Å². The molecular formula is C20H32Cl2N2O2. The molecule has 0 aliphatic rings. The number of halogens is 2. The highest BCUT2D eigenvalue weighted by molar-refractivity contribution is 6.18. The van der Waals surface area contributed by atoms with E-state index in [4.69, 9.17) is 27.9 Å². The van der Waals surface area contributed by atoms with Crippen molar-refractivity contribution >= 4 is 29.2 Å². The zero-order valence-electron chi connectivity index (χ0n) is 16.0. The van der Waals surface area contributed by atoms with Gasteiger partial charge in [0.2, 0.25) is 0 Å². The number of hydrogen-bond donors (Lipinski definition) is 0. The van der Waals surface area contributed by atoms with E-state index in [0.29, 0.717) is 31.2 Å². The molecule has 1 aromatic carbocycles. The van der Waals surface area contributed by atoms with E-state index in [-0.39, 0.29) is 12.0 Å². The summed E-state index contributed by atoms with van der Waals surface area (Å²) in [6, 6.07) is 10.3. The van der Waals surface area contributed by atoms with Crippen LogP contribution in [0.4, 0.5) is 0 Å². The first-order chi connectivity index (χ1) is 12.7. The molecule has 26 heavy (non-hydrogen) atoms. The number of hydrogen-bond acceptors (Lipinski definition) is 4. The van der Waals surface area contributed by atoms with E-state index in [2.05, 4.69) is 35.8 Å². The quantitative estimate of drug-likeness (QED) is 0.345. The minimum absolute atomic E-state index is 0.115. The van der Waals surface area contributed by atoms with Gasteiger partial charge in [0.25, 0.3) is 0 Å². The van der Waals surface area contributed by atoms with Crippen molar-refractivity contribution in [1.29, 1.82) is 0 Å². The van der Waals surface area contributed by atoms with E-state index in [1.807, 2.05) is 18.2 Å². The second kappa shape index (κ2) is 14.3. The van der Waals surface area contributed by atoms with Crippen molar-refractivity contribution < 1.29 is 9.53 Å². The molecule has 0 fully saturated rings. The molecule has 0 spiro atoms. The lowest BCUT2D eigenvalue weighted by Crippen LogP contribution is -2.33. The zero-order valence-corrected chi connectivity index (χ0v) is 17.5. The average molecular weight is 403 g/mol. The molecule has 1 atom stereocenters. The fourth-order valence-electron chi connectivity index (χ4n) is 3.03. The van der Waals surface area contributed by atoms with Crippen LogP contribution >= 0.6 is 23.2 Å². The maximum absolute atomic E-state index is 12.2. The predicted molar refractivity (Wildman–Crippen MR) is 110 cm³/mol. The van der Waals surface area contributed by atoms with Gasteiger partial charge in [-0.15, -0.1) is 23.2 Å². The second-order valence-corrected chi connectivity index (χ2v) is 6.88. The second-order valence-electron chi connectivity index (χ2n) is 6.13. The van der Waals surface area contributed by atoms with E-state index >= 15 is 0 Å². The Morgan fingerprint density at radius 3 is 2.19 bits per heavy atom. The van der Waals surface area contributed by atoms with Crippen molar-refractivity contribution in [1.82, 2.24) is 9.80 Å². The molecule has 0 saturated heterocycles. The standard InChI is InChI=1S/C20H32Cl2N2O2/c1-3-23(4-2)16-17-26-20(25)11-10-19(18-8-6-5-7-9-18)24(14-12-21)15-13-22/h5-9,19H,3-4,10-17H2,1-2H3. The number of benzene rings is 1. The third-order valence-electron chi connectivity index (χ3n) is 4.56. The van der Waals surface area contributed by atoms with Crippen molar-refractivity contribution in [2.75, 3.05) is 51.1 Å². The molecule has 0 heterocycles. The van der Waals surface area contributed by atoms with Crippen LogP contribution in [0, 0.1) is 0 Å². The largest absolute Gasteiger partial charge is 0.464 e. The molecule has 148 valence electrons. The number of esters is 1. The van der Waals surface area contributed by atoms with E-state index in [1.165, 1.54) is 5.56 Å². The van der Waals surface area contributed by atoms with Crippen LogP contribution in [0.5, 0.6) is 0 Å². The van der Waals surface area contributed by atoms with Crippen LogP contribution in [0.2, 0.25) is 0 Å². The minimum atomic E-state index is -0.144. The predicted octanol–water partition coefficient (Wildman–Crippen LogP) is 4.17. The molecule has 0 aromatic heterocycles. The summed E-state index contributed by atoms with van der Waals surface area (Å²) >= 11 is 11.9. The van der Waals surface area contributed by atoms with E-state index in [1.54, 1.807) is 0 Å². The summed E-state index contributed by atoms with van der Waals surface area (Å²) in [4.78, 5) is 16.7. The number of alkyl halides is 2. The number of nitrogens with zero attached hydrogens (tertiary/aromatic N) is 2. The average Bonchev–Trinajstić information content (AvgIpc) is 2.66. The topological polar surface area (TPSA) is 32.8 Å². The Morgan fingerprint density at radius 2 is 1.65 bits per heavy atom. The summed E-state index contributed by atoms with van der Waals surface area (Å²) in [6.45, 7) is 8.87. The monoisotopic (exact) mass is 402 g/mol. The molecule has 0 N–H and O–H groups in total. The smallest absolute Gasteiger partial charge is 0.305 e. The van der Waals surface area contributed by atoms with Crippen molar-refractivity contribution in [3.05, 3.63) is 35.9 Å². The zero-order chi connectivity index (χ0) is 19.2. The highest BCUT2D eigenvalue weighted by atomic mass is 35.5. The van der Waals surface area contributed by atoms with E-state index in [9.17, 15) is 4.79 Å². The van der Waals surface area contributed by atoms with Crippen LogP contribution in [0.15, 0.2) is 30.3 Å². The first kappa shape index (κ1) is 23.2. The van der Waals surface area contributed by atoms with Gasteiger partial charge in [0.1, 0.15) is 6.61 Å². The Labute approximate surface area is 168 Å². The highest BCUT2D eigenvalue weighted by Gasteiger charge is 2.21. The Hall–Kier alpha value is -0.810. The molecule has 0 saturated carbocycles. The van der Waals surface area contributed by atoms with Gasteiger partial charge in [-0.05, 0) is 25.1 Å². The van der Waals surface area contributed by atoms with Gasteiger partial charge >= 0.3 is 5.97 Å². The molecular weight excluding hydrogens is 371 g/mol. The first-order valence-corrected chi connectivity index (χ1v) is 10.5. The van der Waals surface area contributed by atoms with Gasteiger partial charge in [-0.25, -0.2) is 0 Å². The normalized spacial score (nSPS) is 12.5. The third-order valence-corrected chi connectivity index (χ3v) is 4.89. The van der Waals surface area contributed by atoms with E-state index in [0.717, 1.165) is 32.7 Å². The van der Waals surface area contributed by atoms with Gasteiger partial charge in [-0.3, -0.25) is 9.69 Å². The molecule has 0 radical (unpaired) electrons. The minimum Gasteiger partial charge on any atom is -0.464 e. The van der Waals surface area contributed by atoms with Gasteiger partial charge in [-0.2, -0.15) is 0 Å². The van der Waals surface area contributed by atoms with Crippen LogP contribution in [0.1, 0.15) is 38.3 Å². The maximum Gasteiger partial charge on any atom is 0.305 e. The van der Waals surface area contributed by atoms with Gasteiger partial charge in [0.05, 0.1) is 0 Å². The van der Waals surface area contributed by atoms with E-state index < -0.39 is 0 Å². The Balaban J connectivity index is 2.61. The summed E-state index contributed by atoms with van der Waals surface area (Å²) in [5.74, 6) is 0.929. The lowest BCUT2D eigenvalue weighted by atomic mass is 10.00. The summed E-state index contributed by atoms with van der Waals surface area (Å²) in [7, 11) is 0. The van der Waals surface area contributed by atoms with Crippen molar-refractivity contribution in [2.24, 2.45) is 0 Å². The number of likely N-dealkylation sites (N-methyl/N-ethyl adjacent to an activating group) is 1. The number of carbonyl (C=O) groups is 1. The highest BCUT2D eigenvalue weighted by Crippen LogP contribution is 2.26. The Bertz CT molecular complexity index is 478. The lowest BCUT2D eigenvalue weighted by Gasteiger charge is -2.31. The molecule has 0 bridgehead atoms. The first-order valence-electron chi connectivity index (χ1n) is 9.45. The number of carbonyl (C=O) groups excluding carboxylic acids is 1. The molecule has 4 nitrogen and oxygen atoms in total. The fourth-order valence-corrected chi connectivity index (χ4v) is 3.47. The number of rotatable bonds is 14. The summed E-state index contributed by atoms with van der Waals surface area (Å²) in [5, 5.41) is 0. The summed E-state index contributed by atoms with van der Waals surface area (Å²) in [6.07, 6.45) is 1.08. The van der Waals surface area contributed by atoms with Crippen LogP contribution in [-0.4, -0.2) is 66.9 Å². The molecule has 1 aromatic rings. The van der Waals surface area contributed by atoms with Crippen molar-refractivity contribution in [2.45, 2.75) is 32.7 Å². The molecule has 6 heteroatoms. The summed E-state index contributed by atoms with van der Waals surface area (Å²) in [5.41, 5.74) is 1.18. The van der Waals surface area contributed by atoms with Gasteiger partial charge in [0.15, 0.2) is 0 Å². The van der Waals surface area contributed by atoms with Crippen molar-refractivity contribution in [3.63, 3.8) is 0 Å². The van der Waals surface area contributed by atoms with Gasteiger partial charge < -0.3 is 9.64 Å². The van der Waals surface area contributed by atoms with Gasteiger partial charge in [-0.1, -0.05) is 44.2 Å². The third kappa shape index (κ3) is 8.72.